The van der Waals surface area contributed by atoms with Crippen LogP contribution in [0.25, 0.3) is 0 Å². The van der Waals surface area contributed by atoms with Crippen molar-refractivity contribution in [1.82, 2.24) is 9.80 Å². The highest BCUT2D eigenvalue weighted by molar-refractivity contribution is 5.94. The van der Waals surface area contributed by atoms with E-state index < -0.39 is 0 Å². The second-order valence-electron chi connectivity index (χ2n) is 8.39. The number of halogens is 1. The van der Waals surface area contributed by atoms with Crippen molar-refractivity contribution < 1.29 is 23.5 Å². The zero-order chi connectivity index (χ0) is 22.3. The predicted octanol–water partition coefficient (Wildman–Crippen LogP) is 3.16. The fourth-order valence-corrected chi connectivity index (χ4v) is 4.17. The summed E-state index contributed by atoms with van der Waals surface area (Å²) in [5.74, 6) is 0.762. The van der Waals surface area contributed by atoms with Gasteiger partial charge in [0.2, 0.25) is 5.91 Å². The Morgan fingerprint density at radius 1 is 0.969 bits per heavy atom. The van der Waals surface area contributed by atoms with Crippen molar-refractivity contribution in [3.05, 3.63) is 65.5 Å². The lowest BCUT2D eigenvalue weighted by molar-refractivity contribution is -0.132. The Balaban J connectivity index is 1.25. The summed E-state index contributed by atoms with van der Waals surface area (Å²) in [7, 11) is 0. The number of likely N-dealkylation sites (tertiary alicyclic amines) is 1. The minimum atomic E-state index is -0.296. The Morgan fingerprint density at radius 2 is 1.69 bits per heavy atom. The Bertz CT molecular complexity index is 911. The first kappa shape index (κ1) is 22.3. The summed E-state index contributed by atoms with van der Waals surface area (Å²) in [5, 5.41) is 0. The van der Waals surface area contributed by atoms with Crippen molar-refractivity contribution in [2.75, 3.05) is 46.0 Å². The Hall–Kier alpha value is -2.93. The van der Waals surface area contributed by atoms with Gasteiger partial charge < -0.3 is 19.3 Å². The van der Waals surface area contributed by atoms with E-state index >= 15 is 0 Å². The van der Waals surface area contributed by atoms with Gasteiger partial charge in [-0.15, -0.1) is 0 Å². The van der Waals surface area contributed by atoms with Gasteiger partial charge in [-0.05, 0) is 54.8 Å². The number of morpholine rings is 1. The minimum Gasteiger partial charge on any atom is -0.493 e. The lowest BCUT2D eigenvalue weighted by atomic mass is 9.98. The fourth-order valence-electron chi connectivity index (χ4n) is 4.17. The normalized spacial score (nSPS) is 19.0. The summed E-state index contributed by atoms with van der Waals surface area (Å²) in [6, 6.07) is 13.3. The van der Waals surface area contributed by atoms with Crippen LogP contribution in [0.3, 0.4) is 0 Å². The zero-order valence-electron chi connectivity index (χ0n) is 18.2. The molecule has 2 fully saturated rings. The van der Waals surface area contributed by atoms with Crippen LogP contribution in [0, 0.1) is 11.7 Å². The minimum absolute atomic E-state index is 0.0161. The highest BCUT2D eigenvalue weighted by atomic mass is 19.1. The smallest absolute Gasteiger partial charge is 0.254 e. The maximum absolute atomic E-state index is 13.1. The second-order valence-corrected chi connectivity index (χ2v) is 8.39. The van der Waals surface area contributed by atoms with Crippen LogP contribution < -0.4 is 4.74 Å². The van der Waals surface area contributed by atoms with E-state index in [9.17, 15) is 14.0 Å². The summed E-state index contributed by atoms with van der Waals surface area (Å²) >= 11 is 0. The molecule has 0 aromatic heterocycles. The van der Waals surface area contributed by atoms with Crippen LogP contribution in [0.4, 0.5) is 4.39 Å². The molecule has 2 heterocycles. The molecule has 6 nitrogen and oxygen atoms in total. The molecule has 0 saturated carbocycles. The maximum atomic E-state index is 13.1. The molecule has 2 aromatic rings. The molecule has 0 spiro atoms. The SMILES string of the molecule is O=C(Cc1ccc(F)cc1)N1CCC[C@H](COc2ccc(C(=O)N3CCOCC3)cc2)C1. The van der Waals surface area contributed by atoms with Gasteiger partial charge in [0, 0.05) is 37.7 Å². The van der Waals surface area contributed by atoms with E-state index in [1.54, 1.807) is 29.2 Å². The van der Waals surface area contributed by atoms with Crippen molar-refractivity contribution in [2.24, 2.45) is 5.92 Å². The molecule has 2 aromatic carbocycles. The van der Waals surface area contributed by atoms with Crippen molar-refractivity contribution in [1.29, 1.82) is 0 Å². The molecular weight excluding hydrogens is 411 g/mol. The highest BCUT2D eigenvalue weighted by Gasteiger charge is 2.24. The van der Waals surface area contributed by atoms with Crippen molar-refractivity contribution in [3.8, 4) is 5.75 Å². The largest absolute Gasteiger partial charge is 0.493 e. The number of amides is 2. The van der Waals surface area contributed by atoms with Crippen molar-refractivity contribution >= 4 is 11.8 Å². The van der Waals surface area contributed by atoms with Crippen LogP contribution in [0.5, 0.6) is 5.75 Å². The van der Waals surface area contributed by atoms with Crippen LogP contribution in [0.1, 0.15) is 28.8 Å². The lowest BCUT2D eigenvalue weighted by Gasteiger charge is -2.32. The molecule has 2 aliphatic rings. The van der Waals surface area contributed by atoms with Crippen LogP contribution in [0.2, 0.25) is 0 Å². The predicted molar refractivity (Wildman–Crippen MR) is 118 cm³/mol. The number of benzene rings is 2. The summed E-state index contributed by atoms with van der Waals surface area (Å²) in [6.45, 7) is 4.33. The first-order valence-electron chi connectivity index (χ1n) is 11.2. The molecular formula is C25H29FN2O4. The number of nitrogens with zero attached hydrogens (tertiary/aromatic N) is 2. The summed E-state index contributed by atoms with van der Waals surface area (Å²) in [5.41, 5.74) is 1.47. The fraction of sp³-hybridized carbons (Fsp3) is 0.440. The second kappa shape index (κ2) is 10.6. The monoisotopic (exact) mass is 440 g/mol. The Morgan fingerprint density at radius 3 is 2.41 bits per heavy atom. The highest BCUT2D eigenvalue weighted by Crippen LogP contribution is 2.21. The third-order valence-electron chi connectivity index (χ3n) is 6.03. The third kappa shape index (κ3) is 5.85. The standard InChI is InChI=1S/C25H29FN2O4/c26-22-7-3-19(4-8-22)16-24(29)28-11-1-2-20(17-28)18-32-23-9-5-21(6-10-23)25(30)27-12-14-31-15-13-27/h3-10,20H,1-2,11-18H2/t20-/m0/s1. The first-order chi connectivity index (χ1) is 15.6. The average Bonchev–Trinajstić information content (AvgIpc) is 2.85. The van der Waals surface area contributed by atoms with Gasteiger partial charge in [0.25, 0.3) is 5.91 Å². The molecule has 0 N–H and O–H groups in total. The first-order valence-corrected chi connectivity index (χ1v) is 11.2. The number of rotatable bonds is 6. The van der Waals surface area contributed by atoms with Crippen molar-refractivity contribution in [3.63, 3.8) is 0 Å². The van der Waals surface area contributed by atoms with Gasteiger partial charge in [-0.3, -0.25) is 9.59 Å². The molecule has 2 amide bonds. The van der Waals surface area contributed by atoms with Crippen LogP contribution in [0.15, 0.2) is 48.5 Å². The average molecular weight is 441 g/mol. The molecule has 2 saturated heterocycles. The van der Waals surface area contributed by atoms with Gasteiger partial charge >= 0.3 is 0 Å². The van der Waals surface area contributed by atoms with Gasteiger partial charge in [0.15, 0.2) is 0 Å². The molecule has 0 bridgehead atoms. The molecule has 7 heteroatoms. The number of ether oxygens (including phenoxy) is 2. The lowest BCUT2D eigenvalue weighted by Crippen LogP contribution is -2.42. The number of hydrogen-bond acceptors (Lipinski definition) is 4. The van der Waals surface area contributed by atoms with E-state index in [4.69, 9.17) is 9.47 Å². The maximum Gasteiger partial charge on any atom is 0.254 e. The number of carbonyl (C=O) groups is 2. The van der Waals surface area contributed by atoms with E-state index in [1.165, 1.54) is 12.1 Å². The molecule has 1 atom stereocenters. The number of piperidine rings is 1. The molecule has 0 unspecified atom stereocenters. The van der Waals surface area contributed by atoms with Crippen LogP contribution in [-0.4, -0.2) is 67.6 Å². The van der Waals surface area contributed by atoms with Crippen molar-refractivity contribution in [2.45, 2.75) is 19.3 Å². The summed E-state index contributed by atoms with van der Waals surface area (Å²) < 4.78 is 24.3. The van der Waals surface area contributed by atoms with Crippen LogP contribution >= 0.6 is 0 Å². The molecule has 4 rings (SSSR count). The number of hydrogen-bond donors (Lipinski definition) is 0. The zero-order valence-corrected chi connectivity index (χ0v) is 18.2. The summed E-state index contributed by atoms with van der Waals surface area (Å²) in [6.07, 6.45) is 2.23. The van der Waals surface area contributed by atoms with E-state index in [0.29, 0.717) is 45.0 Å². The quantitative estimate of drug-likeness (QED) is 0.693. The van der Waals surface area contributed by atoms with E-state index in [-0.39, 0.29) is 30.0 Å². The van der Waals surface area contributed by atoms with Gasteiger partial charge in [-0.2, -0.15) is 0 Å². The molecule has 170 valence electrons. The third-order valence-corrected chi connectivity index (χ3v) is 6.03. The van der Waals surface area contributed by atoms with Crippen LogP contribution in [-0.2, 0) is 16.0 Å². The number of carbonyl (C=O) groups excluding carboxylic acids is 2. The molecule has 0 radical (unpaired) electrons. The molecule has 32 heavy (non-hydrogen) atoms. The molecule has 2 aliphatic heterocycles. The van der Waals surface area contributed by atoms with E-state index in [2.05, 4.69) is 0 Å². The topological polar surface area (TPSA) is 59.1 Å². The van der Waals surface area contributed by atoms with Gasteiger partial charge in [-0.1, -0.05) is 12.1 Å². The Labute approximate surface area is 187 Å². The summed E-state index contributed by atoms with van der Waals surface area (Å²) in [4.78, 5) is 28.9. The van der Waals surface area contributed by atoms with Gasteiger partial charge in [-0.25, -0.2) is 4.39 Å². The van der Waals surface area contributed by atoms with Gasteiger partial charge in [0.1, 0.15) is 11.6 Å². The van der Waals surface area contributed by atoms with E-state index in [1.807, 2.05) is 17.0 Å². The molecule has 0 aliphatic carbocycles. The van der Waals surface area contributed by atoms with E-state index in [0.717, 1.165) is 30.7 Å². The van der Waals surface area contributed by atoms with Gasteiger partial charge in [0.05, 0.1) is 26.2 Å². The Kier molecular flexibility index (Phi) is 7.37.